The van der Waals surface area contributed by atoms with Crippen molar-refractivity contribution in [3.8, 4) is 11.3 Å². The molecule has 0 saturated carbocycles. The van der Waals surface area contributed by atoms with E-state index in [1.165, 1.54) is 20.9 Å². The molecule has 1 N–H and O–H groups in total. The molecular formula is C25H27N5O2S2. The zero-order valence-electron chi connectivity index (χ0n) is 19.7. The first kappa shape index (κ1) is 22.9. The van der Waals surface area contributed by atoms with E-state index in [2.05, 4.69) is 41.4 Å². The first-order valence-electron chi connectivity index (χ1n) is 11.4. The lowest BCUT2D eigenvalue weighted by Gasteiger charge is -2.33. The molecule has 2 unspecified atom stereocenters. The van der Waals surface area contributed by atoms with Gasteiger partial charge in [0.25, 0.3) is 11.5 Å². The average Bonchev–Trinajstić information content (AvgIpc) is 3.43. The number of carbonyl (C=O) groups is 1. The summed E-state index contributed by atoms with van der Waals surface area (Å²) >= 11 is 2.92. The summed E-state index contributed by atoms with van der Waals surface area (Å²) in [7, 11) is 0. The predicted molar refractivity (Wildman–Crippen MR) is 138 cm³/mol. The smallest absolute Gasteiger partial charge is 0.279 e. The second kappa shape index (κ2) is 8.70. The van der Waals surface area contributed by atoms with E-state index in [1.807, 2.05) is 35.7 Å². The highest BCUT2D eigenvalue weighted by molar-refractivity contribution is 7.18. The third kappa shape index (κ3) is 4.18. The van der Waals surface area contributed by atoms with Crippen LogP contribution in [0.3, 0.4) is 0 Å². The fourth-order valence-corrected chi connectivity index (χ4v) is 6.45. The van der Waals surface area contributed by atoms with Crippen molar-refractivity contribution in [3.05, 3.63) is 56.5 Å². The van der Waals surface area contributed by atoms with Crippen molar-refractivity contribution in [2.45, 2.75) is 53.0 Å². The highest BCUT2D eigenvalue weighted by Gasteiger charge is 2.32. The number of aryl methyl sites for hydroxylation is 1. The van der Waals surface area contributed by atoms with Crippen LogP contribution < -0.4 is 10.9 Å². The number of amides is 1. The third-order valence-corrected chi connectivity index (χ3v) is 8.57. The van der Waals surface area contributed by atoms with Crippen molar-refractivity contribution in [1.29, 1.82) is 0 Å². The second-order valence-electron chi connectivity index (χ2n) is 9.90. The largest absolute Gasteiger partial charge is 0.300 e. The number of anilines is 1. The van der Waals surface area contributed by atoms with E-state index < -0.39 is 6.04 Å². The molecule has 1 amide bonds. The summed E-state index contributed by atoms with van der Waals surface area (Å²) in [5.74, 6) is 0.230. The van der Waals surface area contributed by atoms with E-state index >= 15 is 0 Å². The number of rotatable bonds is 4. The van der Waals surface area contributed by atoms with E-state index in [9.17, 15) is 9.59 Å². The lowest BCUT2D eigenvalue weighted by molar-refractivity contribution is -0.119. The van der Waals surface area contributed by atoms with Crippen molar-refractivity contribution >= 4 is 43.9 Å². The number of aromatic nitrogens is 4. The maximum absolute atomic E-state index is 13.4. The quantitative estimate of drug-likeness (QED) is 0.415. The molecule has 0 fully saturated rings. The number of benzene rings is 1. The molecule has 0 saturated heterocycles. The SMILES string of the molecule is CC(C(=O)Nc1nc(-c2ccccc2)cs1)n1nnc2sc3c(c2c1=O)CCC(C(C)(C)C)C3. The molecule has 1 aliphatic rings. The fraction of sp³-hybridized carbons (Fsp3) is 0.400. The lowest BCUT2D eigenvalue weighted by atomic mass is 9.72. The van der Waals surface area contributed by atoms with Crippen molar-refractivity contribution < 1.29 is 4.79 Å². The van der Waals surface area contributed by atoms with E-state index in [-0.39, 0.29) is 16.9 Å². The number of carbonyl (C=O) groups excluding carboxylic acids is 1. The molecule has 0 spiro atoms. The molecule has 7 nitrogen and oxygen atoms in total. The van der Waals surface area contributed by atoms with Crippen LogP contribution in [0.1, 0.15) is 50.6 Å². The van der Waals surface area contributed by atoms with Crippen LogP contribution >= 0.6 is 22.7 Å². The molecule has 176 valence electrons. The molecule has 1 aliphatic carbocycles. The van der Waals surface area contributed by atoms with Gasteiger partial charge in [0.15, 0.2) is 9.96 Å². The van der Waals surface area contributed by atoms with Gasteiger partial charge >= 0.3 is 0 Å². The van der Waals surface area contributed by atoms with Gasteiger partial charge in [-0.15, -0.1) is 27.8 Å². The number of nitrogens with zero attached hydrogens (tertiary/aromatic N) is 4. The van der Waals surface area contributed by atoms with Crippen LogP contribution in [0.25, 0.3) is 21.5 Å². The Morgan fingerprint density at radius 1 is 1.24 bits per heavy atom. The molecule has 3 heterocycles. The molecule has 1 aromatic carbocycles. The Bertz CT molecular complexity index is 1410. The molecular weight excluding hydrogens is 466 g/mol. The Hall–Kier alpha value is -2.91. The van der Waals surface area contributed by atoms with Crippen molar-refractivity contribution in [2.24, 2.45) is 11.3 Å². The zero-order valence-corrected chi connectivity index (χ0v) is 21.3. The molecule has 0 aliphatic heterocycles. The summed E-state index contributed by atoms with van der Waals surface area (Å²) in [6.07, 6.45) is 2.87. The van der Waals surface area contributed by atoms with Gasteiger partial charge in [0, 0.05) is 15.8 Å². The van der Waals surface area contributed by atoms with Crippen LogP contribution in [-0.4, -0.2) is 25.9 Å². The molecule has 4 aromatic rings. The second-order valence-corrected chi connectivity index (χ2v) is 11.8. The van der Waals surface area contributed by atoms with Gasteiger partial charge in [-0.05, 0) is 43.1 Å². The van der Waals surface area contributed by atoms with Gasteiger partial charge in [-0.25, -0.2) is 4.98 Å². The first-order chi connectivity index (χ1) is 16.2. The summed E-state index contributed by atoms with van der Waals surface area (Å²) in [6.45, 7) is 8.48. The van der Waals surface area contributed by atoms with Crippen LogP contribution in [-0.2, 0) is 17.6 Å². The maximum Gasteiger partial charge on any atom is 0.279 e. The molecule has 0 bridgehead atoms. The number of nitrogens with one attached hydrogen (secondary N) is 1. The summed E-state index contributed by atoms with van der Waals surface area (Å²) < 4.78 is 1.20. The van der Waals surface area contributed by atoms with Gasteiger partial charge in [-0.2, -0.15) is 4.68 Å². The topological polar surface area (TPSA) is 89.8 Å². The Kier molecular flexibility index (Phi) is 5.85. The Balaban J connectivity index is 1.39. The van der Waals surface area contributed by atoms with Gasteiger partial charge < -0.3 is 5.32 Å². The molecule has 34 heavy (non-hydrogen) atoms. The van der Waals surface area contributed by atoms with Crippen LogP contribution in [0, 0.1) is 11.3 Å². The highest BCUT2D eigenvalue weighted by atomic mass is 32.1. The van der Waals surface area contributed by atoms with Crippen LogP contribution in [0.15, 0.2) is 40.5 Å². The summed E-state index contributed by atoms with van der Waals surface area (Å²) in [4.78, 5) is 32.8. The van der Waals surface area contributed by atoms with Crippen LogP contribution in [0.5, 0.6) is 0 Å². The Morgan fingerprint density at radius 3 is 2.74 bits per heavy atom. The molecule has 0 radical (unpaired) electrons. The van der Waals surface area contributed by atoms with E-state index in [1.54, 1.807) is 18.3 Å². The maximum atomic E-state index is 13.4. The normalized spacial score (nSPS) is 16.9. The Labute approximate surface area is 205 Å². The minimum absolute atomic E-state index is 0.225. The third-order valence-electron chi connectivity index (χ3n) is 6.68. The molecule has 5 rings (SSSR count). The van der Waals surface area contributed by atoms with Crippen molar-refractivity contribution in [1.82, 2.24) is 20.0 Å². The van der Waals surface area contributed by atoms with E-state index in [0.29, 0.717) is 21.3 Å². The summed E-state index contributed by atoms with van der Waals surface area (Å²) in [5, 5.41) is 14.3. The van der Waals surface area contributed by atoms with Crippen molar-refractivity contribution in [2.75, 3.05) is 5.32 Å². The van der Waals surface area contributed by atoms with Gasteiger partial charge in [0.05, 0.1) is 11.1 Å². The number of fused-ring (bicyclic) bond motifs is 3. The van der Waals surface area contributed by atoms with Crippen LogP contribution in [0.4, 0.5) is 5.13 Å². The van der Waals surface area contributed by atoms with Crippen molar-refractivity contribution in [3.63, 3.8) is 0 Å². The van der Waals surface area contributed by atoms with Crippen LogP contribution in [0.2, 0.25) is 0 Å². The van der Waals surface area contributed by atoms with E-state index in [0.717, 1.165) is 36.1 Å². The number of hydrogen-bond acceptors (Lipinski definition) is 7. The van der Waals surface area contributed by atoms with Gasteiger partial charge in [0.2, 0.25) is 0 Å². The minimum Gasteiger partial charge on any atom is -0.300 e. The van der Waals surface area contributed by atoms with Gasteiger partial charge in [-0.1, -0.05) is 56.3 Å². The highest BCUT2D eigenvalue weighted by Crippen LogP contribution is 2.41. The van der Waals surface area contributed by atoms with Gasteiger partial charge in [0.1, 0.15) is 6.04 Å². The molecule has 3 aromatic heterocycles. The lowest BCUT2D eigenvalue weighted by Crippen LogP contribution is -2.34. The fourth-order valence-electron chi connectivity index (χ4n) is 4.49. The van der Waals surface area contributed by atoms with Gasteiger partial charge in [-0.3, -0.25) is 9.59 Å². The number of hydrogen-bond donors (Lipinski definition) is 1. The van der Waals surface area contributed by atoms with E-state index in [4.69, 9.17) is 0 Å². The summed E-state index contributed by atoms with van der Waals surface area (Å²) in [5.41, 5.74) is 2.85. The zero-order chi connectivity index (χ0) is 24.0. The number of thiophene rings is 1. The standard InChI is InChI=1S/C25H27N5O2S2/c1-14(21(31)27-24-26-18(13-33-24)15-8-6-5-7-9-15)30-23(32)20-17-11-10-16(25(2,3)4)12-19(17)34-22(20)28-29-30/h5-9,13-14,16H,10-12H2,1-4H3,(H,26,27,31). The number of thiazole rings is 1. The summed E-state index contributed by atoms with van der Waals surface area (Å²) in [6, 6.07) is 8.97. The first-order valence-corrected chi connectivity index (χ1v) is 13.1. The predicted octanol–water partition coefficient (Wildman–Crippen LogP) is 5.33. The minimum atomic E-state index is -0.810. The Morgan fingerprint density at radius 2 is 2.00 bits per heavy atom. The molecule has 9 heteroatoms. The molecule has 2 atom stereocenters. The monoisotopic (exact) mass is 493 g/mol. The average molecular weight is 494 g/mol.